The van der Waals surface area contributed by atoms with E-state index >= 15 is 0 Å². The van der Waals surface area contributed by atoms with Crippen molar-refractivity contribution in [3.8, 4) is 5.75 Å². The molecule has 0 saturated carbocycles. The maximum Gasteiger partial charge on any atom is 0.314 e. The quantitative estimate of drug-likeness (QED) is 0.341. The van der Waals surface area contributed by atoms with Gasteiger partial charge in [0.15, 0.2) is 0 Å². The van der Waals surface area contributed by atoms with Crippen molar-refractivity contribution in [1.29, 1.82) is 0 Å². The molecule has 8 heteroatoms. The smallest absolute Gasteiger partial charge is 0.314 e. The Hall–Kier alpha value is -2.94. The molecular weight excluding hydrogens is 400 g/mol. The number of para-hydroxylation sites is 1. The number of carbonyl (C=O) groups excluding carboxylic acids is 2. The van der Waals surface area contributed by atoms with Gasteiger partial charge in [-0.3, -0.25) is 9.59 Å². The van der Waals surface area contributed by atoms with Gasteiger partial charge in [-0.15, -0.1) is 0 Å². The molecule has 0 spiro atoms. The SMILES string of the molecule is COCCOc1cccc(COCOC)c1NC(=O)C(=O)Nc1c(C)cc(C)cc1C. The summed E-state index contributed by atoms with van der Waals surface area (Å²) in [6, 6.07) is 9.16. The number of ether oxygens (including phenoxy) is 4. The number of hydrogen-bond donors (Lipinski definition) is 2. The second-order valence-electron chi connectivity index (χ2n) is 7.07. The lowest BCUT2D eigenvalue weighted by molar-refractivity contribution is -0.133. The number of nitrogens with one attached hydrogen (secondary N) is 2. The molecule has 0 aromatic heterocycles. The van der Waals surface area contributed by atoms with E-state index in [-0.39, 0.29) is 20.0 Å². The van der Waals surface area contributed by atoms with Crippen molar-refractivity contribution in [2.24, 2.45) is 0 Å². The van der Waals surface area contributed by atoms with Gasteiger partial charge < -0.3 is 29.6 Å². The van der Waals surface area contributed by atoms with Crippen molar-refractivity contribution < 1.29 is 28.5 Å². The number of hydrogen-bond acceptors (Lipinski definition) is 6. The zero-order chi connectivity index (χ0) is 22.8. The topological polar surface area (TPSA) is 95.1 Å². The van der Waals surface area contributed by atoms with Crippen molar-refractivity contribution in [3.63, 3.8) is 0 Å². The Morgan fingerprint density at radius 1 is 0.871 bits per heavy atom. The molecule has 0 heterocycles. The number of carbonyl (C=O) groups is 2. The Labute approximate surface area is 182 Å². The van der Waals surface area contributed by atoms with E-state index in [0.29, 0.717) is 29.3 Å². The molecule has 2 N–H and O–H groups in total. The van der Waals surface area contributed by atoms with Gasteiger partial charge in [0, 0.05) is 25.5 Å². The Bertz CT molecular complexity index is 862. The van der Waals surface area contributed by atoms with Crippen LogP contribution >= 0.6 is 0 Å². The minimum absolute atomic E-state index is 0.0919. The molecule has 2 rings (SSSR count). The van der Waals surface area contributed by atoms with Gasteiger partial charge >= 0.3 is 11.8 Å². The summed E-state index contributed by atoms with van der Waals surface area (Å²) in [5.41, 5.74) is 4.49. The average Bonchev–Trinajstić information content (AvgIpc) is 2.72. The number of rotatable bonds is 10. The minimum atomic E-state index is -0.810. The first-order valence-corrected chi connectivity index (χ1v) is 9.87. The van der Waals surface area contributed by atoms with Crippen molar-refractivity contribution >= 4 is 23.2 Å². The predicted molar refractivity (Wildman–Crippen MR) is 118 cm³/mol. The molecule has 0 radical (unpaired) electrons. The highest BCUT2D eigenvalue weighted by Gasteiger charge is 2.20. The molecule has 2 aromatic rings. The lowest BCUT2D eigenvalue weighted by atomic mass is 10.1. The van der Waals surface area contributed by atoms with Crippen LogP contribution in [0.3, 0.4) is 0 Å². The maximum absolute atomic E-state index is 12.7. The van der Waals surface area contributed by atoms with E-state index in [1.807, 2.05) is 32.9 Å². The summed E-state index contributed by atoms with van der Waals surface area (Å²) in [6.07, 6.45) is 0. The van der Waals surface area contributed by atoms with Crippen LogP contribution in [0.25, 0.3) is 0 Å². The summed E-state index contributed by atoms with van der Waals surface area (Å²) in [7, 11) is 3.09. The number of anilines is 2. The van der Waals surface area contributed by atoms with Crippen molar-refractivity contribution in [3.05, 3.63) is 52.6 Å². The van der Waals surface area contributed by atoms with Crippen LogP contribution < -0.4 is 15.4 Å². The first-order valence-electron chi connectivity index (χ1n) is 9.87. The monoisotopic (exact) mass is 430 g/mol. The van der Waals surface area contributed by atoms with Crippen LogP contribution in [0.2, 0.25) is 0 Å². The molecule has 168 valence electrons. The van der Waals surface area contributed by atoms with Crippen LogP contribution in [0.4, 0.5) is 11.4 Å². The highest BCUT2D eigenvalue weighted by Crippen LogP contribution is 2.30. The largest absolute Gasteiger partial charge is 0.489 e. The fraction of sp³-hybridized carbons (Fsp3) is 0.391. The second kappa shape index (κ2) is 12.0. The highest BCUT2D eigenvalue weighted by molar-refractivity contribution is 6.44. The first kappa shape index (κ1) is 24.3. The molecular formula is C23H30N2O6. The van der Waals surface area contributed by atoms with Crippen LogP contribution in [0, 0.1) is 20.8 Å². The third-order valence-electron chi connectivity index (χ3n) is 4.48. The predicted octanol–water partition coefficient (Wildman–Crippen LogP) is 3.33. The Kier molecular flexibility index (Phi) is 9.45. The molecule has 2 aromatic carbocycles. The molecule has 2 amide bonds. The van der Waals surface area contributed by atoms with Gasteiger partial charge in [-0.25, -0.2) is 0 Å². The Morgan fingerprint density at radius 3 is 2.13 bits per heavy atom. The van der Waals surface area contributed by atoms with Crippen LogP contribution in [0.15, 0.2) is 30.3 Å². The van der Waals surface area contributed by atoms with E-state index in [4.69, 9.17) is 18.9 Å². The Balaban J connectivity index is 2.21. The third-order valence-corrected chi connectivity index (χ3v) is 4.48. The van der Waals surface area contributed by atoms with E-state index in [9.17, 15) is 9.59 Å². The van der Waals surface area contributed by atoms with E-state index in [1.165, 1.54) is 7.11 Å². The zero-order valence-electron chi connectivity index (χ0n) is 18.7. The molecule has 0 bridgehead atoms. The fourth-order valence-electron chi connectivity index (χ4n) is 3.15. The van der Waals surface area contributed by atoms with Gasteiger partial charge in [0.1, 0.15) is 19.1 Å². The van der Waals surface area contributed by atoms with Gasteiger partial charge in [-0.1, -0.05) is 29.8 Å². The van der Waals surface area contributed by atoms with Crippen LogP contribution in [-0.2, 0) is 30.4 Å². The van der Waals surface area contributed by atoms with E-state index in [2.05, 4.69) is 10.6 Å². The second-order valence-corrected chi connectivity index (χ2v) is 7.07. The summed E-state index contributed by atoms with van der Waals surface area (Å²) >= 11 is 0. The normalized spacial score (nSPS) is 10.6. The summed E-state index contributed by atoms with van der Waals surface area (Å²) < 4.78 is 21.1. The molecule has 0 aliphatic heterocycles. The van der Waals surface area contributed by atoms with Gasteiger partial charge in [0.2, 0.25) is 0 Å². The van der Waals surface area contributed by atoms with Gasteiger partial charge in [0.25, 0.3) is 0 Å². The molecule has 0 aliphatic rings. The van der Waals surface area contributed by atoms with Gasteiger partial charge in [-0.05, 0) is 38.0 Å². The van der Waals surface area contributed by atoms with E-state index in [0.717, 1.165) is 16.7 Å². The molecule has 0 fully saturated rings. The number of aryl methyl sites for hydroxylation is 3. The van der Waals surface area contributed by atoms with Crippen LogP contribution in [-0.4, -0.2) is 46.0 Å². The lowest BCUT2D eigenvalue weighted by Crippen LogP contribution is -2.30. The summed E-state index contributed by atoms with van der Waals surface area (Å²) in [4.78, 5) is 25.3. The van der Waals surface area contributed by atoms with Gasteiger partial charge in [0.05, 0.1) is 18.9 Å². The zero-order valence-corrected chi connectivity index (χ0v) is 18.7. The van der Waals surface area contributed by atoms with Crippen LogP contribution in [0.1, 0.15) is 22.3 Å². The molecule has 0 unspecified atom stereocenters. The molecule has 0 atom stereocenters. The molecule has 31 heavy (non-hydrogen) atoms. The lowest BCUT2D eigenvalue weighted by Gasteiger charge is -2.17. The summed E-state index contributed by atoms with van der Waals surface area (Å²) in [5.74, 6) is -1.17. The highest BCUT2D eigenvalue weighted by atomic mass is 16.7. The van der Waals surface area contributed by atoms with E-state index < -0.39 is 11.8 Å². The minimum Gasteiger partial charge on any atom is -0.489 e. The summed E-state index contributed by atoms with van der Waals surface area (Å²) in [5, 5.41) is 5.37. The third kappa shape index (κ3) is 7.06. The number of methoxy groups -OCH3 is 2. The number of amides is 2. The van der Waals surface area contributed by atoms with Gasteiger partial charge in [-0.2, -0.15) is 0 Å². The average molecular weight is 431 g/mol. The first-order chi connectivity index (χ1) is 14.9. The van der Waals surface area contributed by atoms with Crippen LogP contribution in [0.5, 0.6) is 5.75 Å². The number of benzene rings is 2. The fourth-order valence-corrected chi connectivity index (χ4v) is 3.15. The maximum atomic E-state index is 12.7. The van der Waals surface area contributed by atoms with Crippen molar-refractivity contribution in [1.82, 2.24) is 0 Å². The Morgan fingerprint density at radius 2 is 1.52 bits per heavy atom. The molecule has 0 saturated heterocycles. The molecule has 8 nitrogen and oxygen atoms in total. The van der Waals surface area contributed by atoms with E-state index in [1.54, 1.807) is 25.3 Å². The molecule has 0 aliphatic carbocycles. The summed E-state index contributed by atoms with van der Waals surface area (Å²) in [6.45, 7) is 6.68. The van der Waals surface area contributed by atoms with Crippen molar-refractivity contribution in [2.45, 2.75) is 27.4 Å². The van der Waals surface area contributed by atoms with Crippen molar-refractivity contribution in [2.75, 3.05) is 44.9 Å². The standard InChI is InChI=1S/C23H30N2O6/c1-15-11-16(2)20(17(3)12-15)24-22(26)23(27)25-21-18(13-30-14-29-5)7-6-8-19(21)31-10-9-28-4/h6-8,11-12H,9-10,13-14H2,1-5H3,(H,24,26)(H,25,27).